The summed E-state index contributed by atoms with van der Waals surface area (Å²) < 4.78 is 0. The van der Waals surface area contributed by atoms with E-state index in [2.05, 4.69) is 5.32 Å². The number of nitrogens with zero attached hydrogens (tertiary/aromatic N) is 1. The minimum Gasteiger partial charge on any atom is -0.481 e. The topological polar surface area (TPSA) is 118 Å². The lowest BCUT2D eigenvalue weighted by molar-refractivity contribution is -0.383. The van der Waals surface area contributed by atoms with Gasteiger partial charge in [0.1, 0.15) is 5.69 Å². The minimum absolute atomic E-state index is 0. The van der Waals surface area contributed by atoms with Crippen LogP contribution in [0, 0.1) is 10.1 Å². The molecule has 0 radical (unpaired) electrons. The summed E-state index contributed by atoms with van der Waals surface area (Å²) in [5.74, 6) is -0.781. The van der Waals surface area contributed by atoms with Crippen molar-refractivity contribution in [3.63, 3.8) is 0 Å². The van der Waals surface area contributed by atoms with Crippen LogP contribution < -0.4 is 11.1 Å². The molecule has 0 saturated heterocycles. The fourth-order valence-corrected chi connectivity index (χ4v) is 1.64. The summed E-state index contributed by atoms with van der Waals surface area (Å²) in [5, 5.41) is 22.1. The molecular formula is C12H18ClN3O4. The Balaban J connectivity index is 0.00000361. The number of anilines is 2. The second-order valence-corrected chi connectivity index (χ2v) is 4.16. The highest BCUT2D eigenvalue weighted by Crippen LogP contribution is 2.24. The molecule has 0 spiro atoms. The van der Waals surface area contributed by atoms with E-state index in [1.807, 2.05) is 0 Å². The van der Waals surface area contributed by atoms with Gasteiger partial charge in [0.2, 0.25) is 0 Å². The standard InChI is InChI=1S/C12H17N3O4.ClH/c13-10-8-9(5-6-11(10)15(18)19)14-7-3-1-2-4-12(16)17;/h5-6,8,14H,1-4,7,13H2,(H,16,17);1H. The molecule has 112 valence electrons. The molecular weight excluding hydrogens is 286 g/mol. The van der Waals surface area contributed by atoms with E-state index in [9.17, 15) is 14.9 Å². The van der Waals surface area contributed by atoms with E-state index in [-0.39, 0.29) is 30.2 Å². The quantitative estimate of drug-likeness (QED) is 0.294. The van der Waals surface area contributed by atoms with Crippen molar-refractivity contribution >= 4 is 35.4 Å². The normalized spacial score (nSPS) is 9.60. The van der Waals surface area contributed by atoms with Gasteiger partial charge < -0.3 is 16.2 Å². The van der Waals surface area contributed by atoms with Crippen molar-refractivity contribution in [2.75, 3.05) is 17.6 Å². The van der Waals surface area contributed by atoms with Crippen molar-refractivity contribution in [3.8, 4) is 0 Å². The van der Waals surface area contributed by atoms with E-state index in [0.717, 1.165) is 18.5 Å². The largest absolute Gasteiger partial charge is 0.481 e. The molecule has 1 aromatic carbocycles. The molecule has 0 aliphatic heterocycles. The highest BCUT2D eigenvalue weighted by Gasteiger charge is 2.10. The fraction of sp³-hybridized carbons (Fsp3) is 0.417. The molecule has 0 amide bonds. The zero-order chi connectivity index (χ0) is 14.3. The number of carbonyl (C=O) groups is 1. The molecule has 4 N–H and O–H groups in total. The molecule has 8 heteroatoms. The average molecular weight is 304 g/mol. The van der Waals surface area contributed by atoms with Gasteiger partial charge in [-0.2, -0.15) is 0 Å². The predicted molar refractivity (Wildman–Crippen MR) is 79.4 cm³/mol. The second kappa shape index (κ2) is 8.98. The Morgan fingerprint density at radius 1 is 1.35 bits per heavy atom. The van der Waals surface area contributed by atoms with Crippen LogP contribution in [0.25, 0.3) is 0 Å². The van der Waals surface area contributed by atoms with Gasteiger partial charge >= 0.3 is 5.97 Å². The number of benzene rings is 1. The van der Waals surface area contributed by atoms with Crippen molar-refractivity contribution in [2.24, 2.45) is 0 Å². The lowest BCUT2D eigenvalue weighted by Gasteiger charge is -2.07. The number of nitro benzene ring substituents is 1. The van der Waals surface area contributed by atoms with Gasteiger partial charge in [-0.25, -0.2) is 0 Å². The van der Waals surface area contributed by atoms with Crippen molar-refractivity contribution < 1.29 is 14.8 Å². The van der Waals surface area contributed by atoms with Crippen LogP contribution in [0.3, 0.4) is 0 Å². The van der Waals surface area contributed by atoms with Crippen molar-refractivity contribution in [1.29, 1.82) is 0 Å². The first-order valence-electron chi connectivity index (χ1n) is 6.00. The number of unbranched alkanes of at least 4 members (excludes halogenated alkanes) is 2. The second-order valence-electron chi connectivity index (χ2n) is 4.16. The van der Waals surface area contributed by atoms with Gasteiger partial charge in [0, 0.05) is 24.7 Å². The van der Waals surface area contributed by atoms with Crippen LogP contribution in [0.4, 0.5) is 17.1 Å². The number of rotatable bonds is 8. The van der Waals surface area contributed by atoms with Gasteiger partial charge in [-0.15, -0.1) is 12.4 Å². The molecule has 0 saturated carbocycles. The number of nitro groups is 1. The first-order valence-corrected chi connectivity index (χ1v) is 6.00. The van der Waals surface area contributed by atoms with E-state index in [0.29, 0.717) is 13.0 Å². The van der Waals surface area contributed by atoms with Crippen LogP contribution in [0.1, 0.15) is 25.7 Å². The Hall–Kier alpha value is -2.02. The molecule has 0 unspecified atom stereocenters. The smallest absolute Gasteiger partial charge is 0.303 e. The van der Waals surface area contributed by atoms with Gasteiger partial charge in [0.25, 0.3) is 5.69 Å². The lowest BCUT2D eigenvalue weighted by Crippen LogP contribution is -2.03. The summed E-state index contributed by atoms with van der Waals surface area (Å²) in [6.07, 6.45) is 2.50. The SMILES string of the molecule is Cl.Nc1cc(NCCCCCC(=O)O)ccc1[N+](=O)[O-]. The number of hydrogen-bond acceptors (Lipinski definition) is 5. The maximum atomic E-state index is 10.6. The first-order chi connectivity index (χ1) is 9.00. The predicted octanol–water partition coefficient (Wildman–Crippen LogP) is 2.66. The maximum absolute atomic E-state index is 10.6. The first kappa shape index (κ1) is 18.0. The maximum Gasteiger partial charge on any atom is 0.303 e. The van der Waals surface area contributed by atoms with Crippen LogP contribution in [0.2, 0.25) is 0 Å². The van der Waals surface area contributed by atoms with E-state index in [1.165, 1.54) is 12.1 Å². The summed E-state index contributed by atoms with van der Waals surface area (Å²) in [6, 6.07) is 4.49. The Labute approximate surface area is 122 Å². The molecule has 0 heterocycles. The third-order valence-electron chi connectivity index (χ3n) is 2.62. The molecule has 0 aliphatic carbocycles. The molecule has 0 aliphatic rings. The van der Waals surface area contributed by atoms with E-state index >= 15 is 0 Å². The molecule has 0 atom stereocenters. The number of nitrogens with one attached hydrogen (secondary N) is 1. The van der Waals surface area contributed by atoms with Crippen LogP contribution in [0.15, 0.2) is 18.2 Å². The van der Waals surface area contributed by atoms with Crippen LogP contribution in [0.5, 0.6) is 0 Å². The van der Waals surface area contributed by atoms with Crippen molar-refractivity contribution in [1.82, 2.24) is 0 Å². The van der Waals surface area contributed by atoms with E-state index < -0.39 is 10.9 Å². The molecule has 0 bridgehead atoms. The molecule has 0 aromatic heterocycles. The molecule has 1 aromatic rings. The molecule has 0 fully saturated rings. The third kappa shape index (κ3) is 6.24. The summed E-state index contributed by atoms with van der Waals surface area (Å²) in [7, 11) is 0. The Kier molecular flexibility index (Phi) is 8.07. The van der Waals surface area contributed by atoms with Gasteiger partial charge in [-0.05, 0) is 25.0 Å². The number of hydrogen-bond donors (Lipinski definition) is 3. The lowest BCUT2D eigenvalue weighted by atomic mass is 10.2. The average Bonchev–Trinajstić information content (AvgIpc) is 2.32. The number of halogens is 1. The third-order valence-corrected chi connectivity index (χ3v) is 2.62. The van der Waals surface area contributed by atoms with Gasteiger partial charge in [0.15, 0.2) is 0 Å². The van der Waals surface area contributed by atoms with E-state index in [4.69, 9.17) is 10.8 Å². The zero-order valence-corrected chi connectivity index (χ0v) is 11.7. The Bertz CT molecular complexity index is 468. The zero-order valence-electron chi connectivity index (χ0n) is 10.9. The van der Waals surface area contributed by atoms with Gasteiger partial charge in [-0.3, -0.25) is 14.9 Å². The fourth-order valence-electron chi connectivity index (χ4n) is 1.64. The minimum atomic E-state index is -0.781. The highest BCUT2D eigenvalue weighted by molar-refractivity contribution is 5.85. The molecule has 1 rings (SSSR count). The summed E-state index contributed by atoms with van der Waals surface area (Å²) in [6.45, 7) is 0.677. The van der Waals surface area contributed by atoms with Crippen molar-refractivity contribution in [2.45, 2.75) is 25.7 Å². The van der Waals surface area contributed by atoms with Crippen LogP contribution in [-0.4, -0.2) is 22.5 Å². The molecule has 20 heavy (non-hydrogen) atoms. The number of nitrogens with two attached hydrogens (primary N) is 1. The number of nitrogen functional groups attached to an aromatic ring is 1. The summed E-state index contributed by atoms with van der Waals surface area (Å²) >= 11 is 0. The summed E-state index contributed by atoms with van der Waals surface area (Å²) in [5.41, 5.74) is 6.31. The number of carboxylic acids is 1. The Morgan fingerprint density at radius 2 is 2.05 bits per heavy atom. The van der Waals surface area contributed by atoms with E-state index in [1.54, 1.807) is 6.07 Å². The number of aliphatic carboxylic acids is 1. The highest BCUT2D eigenvalue weighted by atomic mass is 35.5. The van der Waals surface area contributed by atoms with Crippen LogP contribution >= 0.6 is 12.4 Å². The van der Waals surface area contributed by atoms with Crippen LogP contribution in [-0.2, 0) is 4.79 Å². The summed E-state index contributed by atoms with van der Waals surface area (Å²) in [4.78, 5) is 20.3. The Morgan fingerprint density at radius 3 is 2.60 bits per heavy atom. The number of carboxylic acid groups (broad SMARTS) is 1. The van der Waals surface area contributed by atoms with Gasteiger partial charge in [-0.1, -0.05) is 6.42 Å². The van der Waals surface area contributed by atoms with Crippen molar-refractivity contribution in [3.05, 3.63) is 28.3 Å². The monoisotopic (exact) mass is 303 g/mol. The van der Waals surface area contributed by atoms with Gasteiger partial charge in [0.05, 0.1) is 4.92 Å². The molecule has 7 nitrogen and oxygen atoms in total.